The highest BCUT2D eigenvalue weighted by Gasteiger charge is 2.31. The van der Waals surface area contributed by atoms with Crippen molar-refractivity contribution < 1.29 is 22.6 Å². The van der Waals surface area contributed by atoms with Gasteiger partial charge in [0.2, 0.25) is 0 Å². The molecule has 0 saturated carbocycles. The average molecular weight is 466 g/mol. The number of nitrogens with two attached hydrogens (primary N) is 1. The Morgan fingerprint density at radius 3 is 2.69 bits per heavy atom. The van der Waals surface area contributed by atoms with Crippen molar-refractivity contribution in [2.75, 3.05) is 30.5 Å². The zero-order chi connectivity index (χ0) is 23.3. The Balaban J connectivity index is 2.04. The van der Waals surface area contributed by atoms with Crippen molar-refractivity contribution in [3.63, 3.8) is 0 Å². The minimum Gasteiger partial charge on any atom is -0.493 e. The molecule has 0 radical (unpaired) electrons. The lowest BCUT2D eigenvalue weighted by Crippen LogP contribution is -2.19. The van der Waals surface area contributed by atoms with E-state index in [1.807, 2.05) is 13.0 Å². The number of benzene rings is 2. The minimum atomic E-state index is -4.46. The maximum Gasteiger partial charge on any atom is 0.416 e. The summed E-state index contributed by atoms with van der Waals surface area (Å²) in [7, 11) is 1.50. The number of thioether (sulfide) groups is 1. The van der Waals surface area contributed by atoms with Gasteiger partial charge in [0.1, 0.15) is 5.75 Å². The van der Waals surface area contributed by atoms with E-state index in [0.717, 1.165) is 34.9 Å². The van der Waals surface area contributed by atoms with Crippen LogP contribution in [0.2, 0.25) is 0 Å². The Kier molecular flexibility index (Phi) is 7.73. The molecule has 2 aromatic carbocycles. The summed E-state index contributed by atoms with van der Waals surface area (Å²) in [5.41, 5.74) is 7.07. The average Bonchev–Trinajstić information content (AvgIpc) is 2.75. The van der Waals surface area contributed by atoms with Crippen LogP contribution in [0.1, 0.15) is 18.1 Å². The molecule has 0 bridgehead atoms. The molecular formula is C23H26F3N3O2S. The number of fused-ring (bicyclic) bond motifs is 1. The molecule has 1 heterocycles. The van der Waals surface area contributed by atoms with Crippen LogP contribution in [0.15, 0.2) is 42.6 Å². The number of methoxy groups -OCH3 is 1. The van der Waals surface area contributed by atoms with E-state index in [2.05, 4.69) is 17.2 Å². The van der Waals surface area contributed by atoms with Crippen LogP contribution in [-0.4, -0.2) is 36.2 Å². The van der Waals surface area contributed by atoms with Crippen LogP contribution in [-0.2, 0) is 6.18 Å². The van der Waals surface area contributed by atoms with Gasteiger partial charge in [0.25, 0.3) is 0 Å². The fraction of sp³-hybridized carbons (Fsp3) is 0.348. The molecule has 172 valence electrons. The number of aryl methyl sites for hydroxylation is 1. The van der Waals surface area contributed by atoms with Crippen LogP contribution < -0.4 is 20.5 Å². The second kappa shape index (κ2) is 10.3. The number of anilines is 1. The number of pyridine rings is 1. The topological polar surface area (TPSA) is 69.4 Å². The van der Waals surface area contributed by atoms with Gasteiger partial charge < -0.3 is 20.5 Å². The standard InChI is InChI=1S/C23H26F3N3O2S/c1-14-7-9-28-21-18(29-15(2)13-32-10-8-27)12-19(30-3)22(20(14)21)31-17-6-4-5-16(11-17)23(24,25)26/h4-7,9,11-12,15,29H,8,10,13,27H2,1-3H3. The van der Waals surface area contributed by atoms with E-state index in [-0.39, 0.29) is 11.8 Å². The summed E-state index contributed by atoms with van der Waals surface area (Å²) in [5, 5.41) is 4.13. The highest BCUT2D eigenvalue weighted by Crippen LogP contribution is 2.44. The maximum atomic E-state index is 13.1. The van der Waals surface area contributed by atoms with Gasteiger partial charge in [0.15, 0.2) is 11.5 Å². The largest absolute Gasteiger partial charge is 0.493 e. The summed E-state index contributed by atoms with van der Waals surface area (Å²) < 4.78 is 51.0. The number of halogens is 3. The highest BCUT2D eigenvalue weighted by atomic mass is 32.2. The SMILES string of the molecule is COc1cc(NC(C)CSCCN)c2nccc(C)c2c1Oc1cccc(C(F)(F)F)c1. The molecular weight excluding hydrogens is 439 g/mol. The van der Waals surface area contributed by atoms with Gasteiger partial charge >= 0.3 is 6.18 Å². The van der Waals surface area contributed by atoms with Crippen molar-refractivity contribution in [1.29, 1.82) is 0 Å². The number of ether oxygens (including phenoxy) is 2. The van der Waals surface area contributed by atoms with Crippen LogP contribution >= 0.6 is 11.8 Å². The molecule has 5 nitrogen and oxygen atoms in total. The van der Waals surface area contributed by atoms with E-state index in [4.69, 9.17) is 15.2 Å². The molecule has 1 atom stereocenters. The zero-order valence-corrected chi connectivity index (χ0v) is 18.9. The predicted octanol–water partition coefficient (Wildman–Crippen LogP) is 5.86. The molecule has 3 aromatic rings. The first-order valence-corrected chi connectivity index (χ1v) is 11.3. The molecule has 3 N–H and O–H groups in total. The number of hydrogen-bond donors (Lipinski definition) is 2. The molecule has 0 saturated heterocycles. The summed E-state index contributed by atoms with van der Waals surface area (Å²) in [6.07, 6.45) is -2.77. The fourth-order valence-corrected chi connectivity index (χ4v) is 4.07. The maximum absolute atomic E-state index is 13.1. The number of hydrogen-bond acceptors (Lipinski definition) is 6. The van der Waals surface area contributed by atoms with Gasteiger partial charge in [-0.2, -0.15) is 24.9 Å². The lowest BCUT2D eigenvalue weighted by Gasteiger charge is -2.21. The van der Waals surface area contributed by atoms with Crippen LogP contribution in [0.5, 0.6) is 17.2 Å². The number of nitrogens with one attached hydrogen (secondary N) is 1. The number of nitrogens with zero attached hydrogens (tertiary/aromatic N) is 1. The van der Waals surface area contributed by atoms with Crippen molar-refractivity contribution >= 4 is 28.4 Å². The van der Waals surface area contributed by atoms with Crippen LogP contribution in [0.3, 0.4) is 0 Å². The Bertz CT molecular complexity index is 1080. The van der Waals surface area contributed by atoms with Gasteiger partial charge in [-0.05, 0) is 43.7 Å². The van der Waals surface area contributed by atoms with Crippen molar-refractivity contribution in [2.45, 2.75) is 26.1 Å². The first-order valence-electron chi connectivity index (χ1n) is 10.1. The second-order valence-electron chi connectivity index (χ2n) is 7.34. The lowest BCUT2D eigenvalue weighted by molar-refractivity contribution is -0.137. The third kappa shape index (κ3) is 5.58. The Morgan fingerprint density at radius 2 is 2.00 bits per heavy atom. The number of rotatable bonds is 9. The number of aromatic nitrogens is 1. The normalized spacial score (nSPS) is 12.6. The third-order valence-electron chi connectivity index (χ3n) is 4.77. The summed E-state index contributed by atoms with van der Waals surface area (Å²) >= 11 is 1.75. The fourth-order valence-electron chi connectivity index (χ4n) is 3.30. The molecule has 0 spiro atoms. The molecule has 1 unspecified atom stereocenters. The van der Waals surface area contributed by atoms with Gasteiger partial charge in [-0.1, -0.05) is 6.07 Å². The summed E-state index contributed by atoms with van der Waals surface area (Å²) in [4.78, 5) is 4.52. The molecule has 1 aromatic heterocycles. The Hall–Kier alpha value is -2.65. The van der Waals surface area contributed by atoms with E-state index in [0.29, 0.717) is 28.9 Å². The lowest BCUT2D eigenvalue weighted by atomic mass is 10.1. The molecule has 0 aliphatic rings. The summed E-state index contributed by atoms with van der Waals surface area (Å²) in [6, 6.07) is 8.50. The van der Waals surface area contributed by atoms with E-state index in [9.17, 15) is 13.2 Å². The molecule has 0 fully saturated rings. The molecule has 3 rings (SSSR count). The summed E-state index contributed by atoms with van der Waals surface area (Å²) in [6.45, 7) is 4.58. The zero-order valence-electron chi connectivity index (χ0n) is 18.1. The molecule has 0 aliphatic heterocycles. The van der Waals surface area contributed by atoms with Gasteiger partial charge in [-0.3, -0.25) is 4.98 Å². The number of alkyl halides is 3. The first kappa shape index (κ1) is 24.0. The van der Waals surface area contributed by atoms with E-state index in [1.165, 1.54) is 19.2 Å². The van der Waals surface area contributed by atoms with Crippen molar-refractivity contribution in [3.05, 3.63) is 53.7 Å². The quantitative estimate of drug-likeness (QED) is 0.386. The van der Waals surface area contributed by atoms with Gasteiger partial charge in [0.05, 0.1) is 29.3 Å². The molecule has 32 heavy (non-hydrogen) atoms. The molecule has 0 amide bonds. The van der Waals surface area contributed by atoms with Crippen molar-refractivity contribution in [2.24, 2.45) is 5.73 Å². The molecule has 9 heteroatoms. The van der Waals surface area contributed by atoms with Crippen LogP contribution in [0.25, 0.3) is 10.9 Å². The Labute approximate surface area is 189 Å². The molecule has 0 aliphatic carbocycles. The van der Waals surface area contributed by atoms with Gasteiger partial charge in [-0.15, -0.1) is 0 Å². The third-order valence-corrected chi connectivity index (χ3v) is 6.03. The minimum absolute atomic E-state index is 0.0648. The van der Waals surface area contributed by atoms with E-state index in [1.54, 1.807) is 24.0 Å². The predicted molar refractivity (Wildman–Crippen MR) is 124 cm³/mol. The van der Waals surface area contributed by atoms with Gasteiger partial charge in [0, 0.05) is 36.4 Å². The van der Waals surface area contributed by atoms with Crippen molar-refractivity contribution in [3.8, 4) is 17.2 Å². The van der Waals surface area contributed by atoms with Crippen LogP contribution in [0.4, 0.5) is 18.9 Å². The van der Waals surface area contributed by atoms with E-state index < -0.39 is 11.7 Å². The summed E-state index contributed by atoms with van der Waals surface area (Å²) in [5.74, 6) is 2.51. The van der Waals surface area contributed by atoms with Gasteiger partial charge in [-0.25, -0.2) is 0 Å². The monoisotopic (exact) mass is 465 g/mol. The highest BCUT2D eigenvalue weighted by molar-refractivity contribution is 7.99. The van der Waals surface area contributed by atoms with E-state index >= 15 is 0 Å². The smallest absolute Gasteiger partial charge is 0.416 e. The van der Waals surface area contributed by atoms with Crippen LogP contribution in [0, 0.1) is 6.92 Å². The second-order valence-corrected chi connectivity index (χ2v) is 8.49. The van der Waals surface area contributed by atoms with Crippen molar-refractivity contribution in [1.82, 2.24) is 4.98 Å². The Morgan fingerprint density at radius 1 is 1.22 bits per heavy atom. The first-order chi connectivity index (χ1) is 15.2.